The van der Waals surface area contributed by atoms with Crippen molar-refractivity contribution >= 4 is 6.01 Å². The first-order valence-corrected chi connectivity index (χ1v) is 5.01. The lowest BCUT2D eigenvalue weighted by molar-refractivity contribution is 0.276. The monoisotopic (exact) mass is 196 g/mol. The molecule has 0 aliphatic carbocycles. The quantitative estimate of drug-likeness (QED) is 0.773. The number of aromatic nitrogens is 1. The molecular weight excluding hydrogens is 180 g/mol. The molecule has 4 heteroatoms. The van der Waals surface area contributed by atoms with Crippen LogP contribution in [0.5, 0.6) is 0 Å². The molecule has 2 unspecified atom stereocenters. The molecule has 0 aromatic carbocycles. The van der Waals surface area contributed by atoms with Gasteiger partial charge in [0.05, 0.1) is 6.61 Å². The van der Waals surface area contributed by atoms with Gasteiger partial charge in [-0.25, -0.2) is 0 Å². The molecule has 0 amide bonds. The zero-order valence-electron chi connectivity index (χ0n) is 8.60. The predicted octanol–water partition coefficient (Wildman–Crippen LogP) is 1.26. The molecule has 2 atom stereocenters. The number of nitrogens with zero attached hydrogens (tertiary/aromatic N) is 2. The summed E-state index contributed by atoms with van der Waals surface area (Å²) in [6.07, 6.45) is 1.52. The van der Waals surface area contributed by atoms with Gasteiger partial charge in [0.25, 0.3) is 6.01 Å². The highest BCUT2D eigenvalue weighted by Crippen LogP contribution is 2.26. The Labute approximate surface area is 83.5 Å². The molecule has 0 bridgehead atoms. The van der Waals surface area contributed by atoms with Crippen LogP contribution in [-0.4, -0.2) is 23.2 Å². The Morgan fingerprint density at radius 3 is 2.64 bits per heavy atom. The van der Waals surface area contributed by atoms with Crippen LogP contribution in [0, 0.1) is 11.8 Å². The molecule has 2 heterocycles. The fourth-order valence-electron chi connectivity index (χ4n) is 1.80. The maximum absolute atomic E-state index is 8.86. The second-order valence-corrected chi connectivity index (χ2v) is 4.14. The van der Waals surface area contributed by atoms with Crippen LogP contribution < -0.4 is 4.90 Å². The SMILES string of the molecule is CC1CN(c2nc(CO)co2)CC1C. The van der Waals surface area contributed by atoms with Crippen LogP contribution in [0.4, 0.5) is 6.01 Å². The Balaban J connectivity index is 2.09. The molecule has 1 aliphatic rings. The molecule has 14 heavy (non-hydrogen) atoms. The number of aliphatic hydroxyl groups excluding tert-OH is 1. The third-order valence-corrected chi connectivity index (χ3v) is 2.96. The van der Waals surface area contributed by atoms with Gasteiger partial charge in [-0.1, -0.05) is 13.8 Å². The second kappa shape index (κ2) is 3.61. The average molecular weight is 196 g/mol. The Bertz CT molecular complexity index is 301. The van der Waals surface area contributed by atoms with E-state index in [4.69, 9.17) is 9.52 Å². The van der Waals surface area contributed by atoms with Crippen molar-refractivity contribution in [2.75, 3.05) is 18.0 Å². The summed E-state index contributed by atoms with van der Waals surface area (Å²) < 4.78 is 5.29. The van der Waals surface area contributed by atoms with Crippen molar-refractivity contribution in [3.8, 4) is 0 Å². The molecule has 4 nitrogen and oxygen atoms in total. The van der Waals surface area contributed by atoms with Crippen LogP contribution in [0.3, 0.4) is 0 Å². The van der Waals surface area contributed by atoms with E-state index < -0.39 is 0 Å². The minimum atomic E-state index is -0.0531. The lowest BCUT2D eigenvalue weighted by Crippen LogP contribution is -2.19. The van der Waals surface area contributed by atoms with E-state index in [0.29, 0.717) is 23.5 Å². The van der Waals surface area contributed by atoms with E-state index in [-0.39, 0.29) is 6.61 Å². The summed E-state index contributed by atoms with van der Waals surface area (Å²) in [7, 11) is 0. The summed E-state index contributed by atoms with van der Waals surface area (Å²) in [5.41, 5.74) is 0.604. The lowest BCUT2D eigenvalue weighted by Gasteiger charge is -2.11. The molecule has 78 valence electrons. The minimum Gasteiger partial charge on any atom is -0.432 e. The first kappa shape index (κ1) is 9.52. The van der Waals surface area contributed by atoms with Crippen molar-refractivity contribution in [1.29, 1.82) is 0 Å². The smallest absolute Gasteiger partial charge is 0.297 e. The Kier molecular flexibility index (Phi) is 2.46. The minimum absolute atomic E-state index is 0.0531. The third-order valence-electron chi connectivity index (χ3n) is 2.96. The number of anilines is 1. The van der Waals surface area contributed by atoms with Crippen molar-refractivity contribution in [2.45, 2.75) is 20.5 Å². The summed E-state index contributed by atoms with van der Waals surface area (Å²) >= 11 is 0. The second-order valence-electron chi connectivity index (χ2n) is 4.14. The highest BCUT2D eigenvalue weighted by molar-refractivity contribution is 5.29. The number of rotatable bonds is 2. The Hall–Kier alpha value is -1.03. The molecule has 1 aliphatic heterocycles. The largest absolute Gasteiger partial charge is 0.432 e. The van der Waals surface area contributed by atoms with Crippen LogP contribution in [0.25, 0.3) is 0 Å². The van der Waals surface area contributed by atoms with Crippen molar-refractivity contribution in [3.63, 3.8) is 0 Å². The van der Waals surface area contributed by atoms with Gasteiger partial charge in [0.1, 0.15) is 12.0 Å². The molecule has 1 aromatic heterocycles. The van der Waals surface area contributed by atoms with Crippen LogP contribution in [0.1, 0.15) is 19.5 Å². The van der Waals surface area contributed by atoms with Crippen molar-refractivity contribution < 1.29 is 9.52 Å². The maximum atomic E-state index is 8.86. The molecule has 0 radical (unpaired) electrons. The summed E-state index contributed by atoms with van der Waals surface area (Å²) in [5.74, 6) is 1.36. The zero-order valence-corrected chi connectivity index (χ0v) is 8.60. The molecule has 1 saturated heterocycles. The summed E-state index contributed by atoms with van der Waals surface area (Å²) in [4.78, 5) is 6.32. The third kappa shape index (κ3) is 1.62. The van der Waals surface area contributed by atoms with Crippen LogP contribution in [0.15, 0.2) is 10.7 Å². The van der Waals surface area contributed by atoms with Gasteiger partial charge in [0.15, 0.2) is 0 Å². The van der Waals surface area contributed by atoms with E-state index in [9.17, 15) is 0 Å². The number of oxazole rings is 1. The van der Waals surface area contributed by atoms with Gasteiger partial charge >= 0.3 is 0 Å². The number of aliphatic hydroxyl groups is 1. The Morgan fingerprint density at radius 2 is 2.14 bits per heavy atom. The molecular formula is C10H16N2O2. The van der Waals surface area contributed by atoms with Gasteiger partial charge in [0.2, 0.25) is 0 Å². The van der Waals surface area contributed by atoms with Gasteiger partial charge in [-0.15, -0.1) is 0 Å². The topological polar surface area (TPSA) is 49.5 Å². The molecule has 1 fully saturated rings. The van der Waals surface area contributed by atoms with E-state index in [2.05, 4.69) is 23.7 Å². The molecule has 0 spiro atoms. The van der Waals surface area contributed by atoms with Crippen LogP contribution in [-0.2, 0) is 6.61 Å². The Morgan fingerprint density at radius 1 is 1.50 bits per heavy atom. The zero-order chi connectivity index (χ0) is 10.1. The van der Waals surface area contributed by atoms with Crippen molar-refractivity contribution in [3.05, 3.63) is 12.0 Å². The molecule has 1 N–H and O–H groups in total. The van der Waals surface area contributed by atoms with Gasteiger partial charge in [-0.05, 0) is 11.8 Å². The highest BCUT2D eigenvalue weighted by Gasteiger charge is 2.28. The number of hydrogen-bond donors (Lipinski definition) is 1. The summed E-state index contributed by atoms with van der Waals surface area (Å²) in [6, 6.07) is 0.644. The van der Waals surface area contributed by atoms with E-state index >= 15 is 0 Å². The first-order valence-electron chi connectivity index (χ1n) is 5.01. The highest BCUT2D eigenvalue weighted by atomic mass is 16.4. The molecule has 1 aromatic rings. The predicted molar refractivity (Wildman–Crippen MR) is 53.0 cm³/mol. The molecule has 0 saturated carbocycles. The first-order chi connectivity index (χ1) is 6.70. The average Bonchev–Trinajstić information content (AvgIpc) is 2.74. The van der Waals surface area contributed by atoms with Gasteiger partial charge in [-0.2, -0.15) is 4.98 Å². The van der Waals surface area contributed by atoms with Crippen LogP contribution >= 0.6 is 0 Å². The van der Waals surface area contributed by atoms with Crippen molar-refractivity contribution in [1.82, 2.24) is 4.98 Å². The van der Waals surface area contributed by atoms with E-state index in [0.717, 1.165) is 13.1 Å². The number of hydrogen-bond acceptors (Lipinski definition) is 4. The van der Waals surface area contributed by atoms with E-state index in [1.54, 1.807) is 0 Å². The molecule has 2 rings (SSSR count). The standard InChI is InChI=1S/C10H16N2O2/c1-7-3-12(4-8(7)2)10-11-9(5-13)6-14-10/h6-8,13H,3-5H2,1-2H3. The van der Waals surface area contributed by atoms with E-state index in [1.807, 2.05) is 0 Å². The van der Waals surface area contributed by atoms with Gasteiger partial charge in [0, 0.05) is 13.1 Å². The van der Waals surface area contributed by atoms with Gasteiger partial charge in [-0.3, -0.25) is 0 Å². The van der Waals surface area contributed by atoms with Crippen LogP contribution in [0.2, 0.25) is 0 Å². The fraction of sp³-hybridized carbons (Fsp3) is 0.700. The summed E-state index contributed by atoms with van der Waals surface area (Å²) in [6.45, 7) is 6.41. The maximum Gasteiger partial charge on any atom is 0.297 e. The normalized spacial score (nSPS) is 27.2. The van der Waals surface area contributed by atoms with E-state index in [1.165, 1.54) is 6.26 Å². The lowest BCUT2D eigenvalue weighted by atomic mass is 10.0. The van der Waals surface area contributed by atoms with Gasteiger partial charge < -0.3 is 14.4 Å². The summed E-state index contributed by atoms with van der Waals surface area (Å²) in [5, 5.41) is 8.86. The van der Waals surface area contributed by atoms with Crippen molar-refractivity contribution in [2.24, 2.45) is 11.8 Å². The fourth-order valence-corrected chi connectivity index (χ4v) is 1.80.